The fourth-order valence-corrected chi connectivity index (χ4v) is 2.30. The van der Waals surface area contributed by atoms with Crippen molar-refractivity contribution in [1.82, 2.24) is 0 Å². The quantitative estimate of drug-likeness (QED) is 0.725. The summed E-state index contributed by atoms with van der Waals surface area (Å²) in [4.78, 5) is 0. The predicted molar refractivity (Wildman–Crippen MR) is 84.2 cm³/mol. The van der Waals surface area contributed by atoms with Crippen LogP contribution in [-0.2, 0) is 6.42 Å². The molecule has 0 atom stereocenters. The van der Waals surface area contributed by atoms with Crippen molar-refractivity contribution in [3.05, 3.63) is 66.2 Å². The van der Waals surface area contributed by atoms with Gasteiger partial charge in [0.15, 0.2) is 0 Å². The number of nitrogens with zero attached hydrogens (tertiary/aromatic N) is 1. The van der Waals surface area contributed by atoms with Gasteiger partial charge in [0.25, 0.3) is 0 Å². The molecule has 0 spiro atoms. The maximum absolute atomic E-state index is 8.82. The van der Waals surface area contributed by atoms with Crippen LogP contribution in [0.25, 0.3) is 10.8 Å². The zero-order valence-corrected chi connectivity index (χ0v) is 11.4. The van der Waals surface area contributed by atoms with Gasteiger partial charge in [0.05, 0.1) is 12.5 Å². The summed E-state index contributed by atoms with van der Waals surface area (Å²) >= 11 is 0. The lowest BCUT2D eigenvalue weighted by atomic mass is 10.1. The van der Waals surface area contributed by atoms with Gasteiger partial charge in [-0.3, -0.25) is 0 Å². The minimum atomic E-state index is 0.276. The number of anilines is 1. The molecule has 0 saturated heterocycles. The number of rotatable bonds is 3. The lowest BCUT2D eigenvalue weighted by Gasteiger charge is -2.10. The van der Waals surface area contributed by atoms with Gasteiger partial charge in [0.2, 0.25) is 0 Å². The number of hydrogen-bond donors (Lipinski definition) is 1. The Labute approximate surface area is 123 Å². The fraction of sp³-hybridized carbons (Fsp3) is 0.0556. The molecular formula is C18H14N2O. The number of nitrogens with two attached hydrogens (primary N) is 1. The van der Waals surface area contributed by atoms with E-state index >= 15 is 0 Å². The Morgan fingerprint density at radius 1 is 1.00 bits per heavy atom. The Hall–Kier alpha value is -2.99. The Morgan fingerprint density at radius 3 is 2.67 bits per heavy atom. The SMILES string of the molecule is N#CCc1cc(Oc2cccc3ccccc23)ccc1N. The van der Waals surface area contributed by atoms with Gasteiger partial charge < -0.3 is 10.5 Å². The summed E-state index contributed by atoms with van der Waals surface area (Å²) in [6, 6.07) is 21.5. The lowest BCUT2D eigenvalue weighted by Crippen LogP contribution is -1.94. The van der Waals surface area contributed by atoms with Crippen LogP contribution in [0, 0.1) is 11.3 Å². The molecule has 102 valence electrons. The highest BCUT2D eigenvalue weighted by Crippen LogP contribution is 2.31. The second kappa shape index (κ2) is 5.56. The molecule has 0 saturated carbocycles. The van der Waals surface area contributed by atoms with Crippen molar-refractivity contribution >= 4 is 16.5 Å². The van der Waals surface area contributed by atoms with E-state index < -0.39 is 0 Å². The minimum absolute atomic E-state index is 0.276. The predicted octanol–water partition coefficient (Wildman–Crippen LogP) is 4.28. The van der Waals surface area contributed by atoms with Crippen LogP contribution in [0.2, 0.25) is 0 Å². The molecule has 21 heavy (non-hydrogen) atoms. The third kappa shape index (κ3) is 2.65. The number of fused-ring (bicyclic) bond motifs is 1. The third-order valence-corrected chi connectivity index (χ3v) is 3.36. The van der Waals surface area contributed by atoms with Crippen LogP contribution < -0.4 is 10.5 Å². The summed E-state index contributed by atoms with van der Waals surface area (Å²) in [6.07, 6.45) is 0.276. The first-order chi connectivity index (χ1) is 10.3. The Balaban J connectivity index is 1.99. The molecule has 3 aromatic carbocycles. The van der Waals surface area contributed by atoms with Crippen LogP contribution in [0.3, 0.4) is 0 Å². The molecule has 3 heteroatoms. The molecule has 2 N–H and O–H groups in total. The summed E-state index contributed by atoms with van der Waals surface area (Å²) in [6.45, 7) is 0. The van der Waals surface area contributed by atoms with Crippen LogP contribution in [0.5, 0.6) is 11.5 Å². The van der Waals surface area contributed by atoms with Gasteiger partial charge in [-0.1, -0.05) is 36.4 Å². The first kappa shape index (κ1) is 13.0. The maximum atomic E-state index is 8.82. The van der Waals surface area contributed by atoms with Crippen LogP contribution >= 0.6 is 0 Å². The van der Waals surface area contributed by atoms with Crippen LogP contribution in [0.4, 0.5) is 5.69 Å². The van der Waals surface area contributed by atoms with Gasteiger partial charge in [-0.15, -0.1) is 0 Å². The first-order valence-electron chi connectivity index (χ1n) is 6.69. The normalized spacial score (nSPS) is 10.2. The van der Waals surface area contributed by atoms with Crippen LogP contribution in [-0.4, -0.2) is 0 Å². The highest BCUT2D eigenvalue weighted by Gasteiger charge is 2.05. The van der Waals surface area contributed by atoms with Gasteiger partial charge >= 0.3 is 0 Å². The van der Waals surface area contributed by atoms with E-state index in [0.717, 1.165) is 22.1 Å². The minimum Gasteiger partial charge on any atom is -0.457 e. The largest absolute Gasteiger partial charge is 0.457 e. The molecule has 0 radical (unpaired) electrons. The van der Waals surface area contributed by atoms with Crippen molar-refractivity contribution in [2.45, 2.75) is 6.42 Å². The molecule has 0 aromatic heterocycles. The molecule has 0 aliphatic carbocycles. The van der Waals surface area contributed by atoms with Gasteiger partial charge in [-0.05, 0) is 35.2 Å². The number of nitrogen functional groups attached to an aromatic ring is 1. The van der Waals surface area contributed by atoms with Crippen LogP contribution in [0.15, 0.2) is 60.7 Å². The van der Waals surface area contributed by atoms with Gasteiger partial charge in [0, 0.05) is 11.1 Å². The Morgan fingerprint density at radius 2 is 1.81 bits per heavy atom. The molecule has 0 unspecified atom stereocenters. The highest BCUT2D eigenvalue weighted by atomic mass is 16.5. The van der Waals surface area contributed by atoms with Gasteiger partial charge in [-0.25, -0.2) is 0 Å². The second-order valence-electron chi connectivity index (χ2n) is 4.77. The maximum Gasteiger partial charge on any atom is 0.135 e. The van der Waals surface area contributed by atoms with Crippen molar-refractivity contribution in [2.75, 3.05) is 5.73 Å². The molecule has 0 aliphatic heterocycles. The van der Waals surface area contributed by atoms with Crippen molar-refractivity contribution in [1.29, 1.82) is 5.26 Å². The summed E-state index contributed by atoms with van der Waals surface area (Å²) in [5.74, 6) is 1.48. The Kier molecular flexibility index (Phi) is 3.44. The average Bonchev–Trinajstić information content (AvgIpc) is 2.51. The molecule has 0 fully saturated rings. The van der Waals surface area contributed by atoms with E-state index in [0.29, 0.717) is 11.4 Å². The fourth-order valence-electron chi connectivity index (χ4n) is 2.30. The monoisotopic (exact) mass is 274 g/mol. The zero-order chi connectivity index (χ0) is 14.7. The molecule has 0 amide bonds. The van der Waals surface area contributed by atoms with Crippen molar-refractivity contribution < 1.29 is 4.74 Å². The third-order valence-electron chi connectivity index (χ3n) is 3.36. The topological polar surface area (TPSA) is 59.0 Å². The van der Waals surface area contributed by atoms with Crippen molar-refractivity contribution in [3.8, 4) is 17.6 Å². The molecule has 3 aromatic rings. The van der Waals surface area contributed by atoms with E-state index in [1.807, 2.05) is 54.6 Å². The van der Waals surface area contributed by atoms with Crippen LogP contribution in [0.1, 0.15) is 5.56 Å². The lowest BCUT2D eigenvalue weighted by molar-refractivity contribution is 0.488. The molecular weight excluding hydrogens is 260 g/mol. The first-order valence-corrected chi connectivity index (χ1v) is 6.69. The highest BCUT2D eigenvalue weighted by molar-refractivity contribution is 5.88. The summed E-state index contributed by atoms with van der Waals surface area (Å²) in [7, 11) is 0. The van der Waals surface area contributed by atoms with E-state index in [-0.39, 0.29) is 6.42 Å². The second-order valence-corrected chi connectivity index (χ2v) is 4.77. The summed E-state index contributed by atoms with van der Waals surface area (Å²) in [5.41, 5.74) is 7.25. The molecule has 0 bridgehead atoms. The van der Waals surface area contributed by atoms with E-state index in [1.165, 1.54) is 0 Å². The summed E-state index contributed by atoms with van der Waals surface area (Å²) in [5, 5.41) is 11.0. The van der Waals surface area contributed by atoms with Gasteiger partial charge in [0.1, 0.15) is 11.5 Å². The van der Waals surface area contributed by atoms with Gasteiger partial charge in [-0.2, -0.15) is 5.26 Å². The zero-order valence-electron chi connectivity index (χ0n) is 11.4. The number of ether oxygens (including phenoxy) is 1. The molecule has 0 heterocycles. The van der Waals surface area contributed by atoms with E-state index in [1.54, 1.807) is 6.07 Å². The average molecular weight is 274 g/mol. The standard InChI is InChI=1S/C18H14N2O/c19-11-10-14-12-15(8-9-17(14)20)21-18-7-3-5-13-4-1-2-6-16(13)18/h1-9,12H,10,20H2. The molecule has 0 aliphatic rings. The molecule has 3 rings (SSSR count). The smallest absolute Gasteiger partial charge is 0.135 e. The number of benzene rings is 3. The number of nitriles is 1. The molecule has 3 nitrogen and oxygen atoms in total. The number of hydrogen-bond acceptors (Lipinski definition) is 3. The van der Waals surface area contributed by atoms with Crippen molar-refractivity contribution in [2.24, 2.45) is 0 Å². The summed E-state index contributed by atoms with van der Waals surface area (Å²) < 4.78 is 5.97. The van der Waals surface area contributed by atoms with E-state index in [2.05, 4.69) is 6.07 Å². The van der Waals surface area contributed by atoms with E-state index in [4.69, 9.17) is 15.7 Å². The van der Waals surface area contributed by atoms with Crippen molar-refractivity contribution in [3.63, 3.8) is 0 Å². The Bertz CT molecular complexity index is 829. The van der Waals surface area contributed by atoms with E-state index in [9.17, 15) is 0 Å².